The molecule has 0 aromatic heterocycles. The summed E-state index contributed by atoms with van der Waals surface area (Å²) in [5.74, 6) is 1.59. The van der Waals surface area contributed by atoms with Crippen molar-refractivity contribution < 1.29 is 14.3 Å². The van der Waals surface area contributed by atoms with Crippen LogP contribution >= 0.6 is 11.6 Å². The molecule has 0 heterocycles. The maximum absolute atomic E-state index is 11.5. The van der Waals surface area contributed by atoms with Crippen LogP contribution < -0.4 is 20.1 Å². The quantitative estimate of drug-likeness (QED) is 0.721. The minimum atomic E-state index is 0.172. The topological polar surface area (TPSA) is 59.6 Å². The fourth-order valence-corrected chi connectivity index (χ4v) is 2.38. The monoisotopic (exact) mass is 312 g/mol. The summed E-state index contributed by atoms with van der Waals surface area (Å²) in [4.78, 5) is 11.5. The van der Waals surface area contributed by atoms with E-state index in [4.69, 9.17) is 21.1 Å². The molecule has 1 aliphatic rings. The number of hydrogen-bond acceptors (Lipinski definition) is 4. The van der Waals surface area contributed by atoms with E-state index in [0.29, 0.717) is 36.2 Å². The molecular formula is C15H21ClN2O3. The van der Waals surface area contributed by atoms with Crippen LogP contribution in [0.5, 0.6) is 11.5 Å². The zero-order chi connectivity index (χ0) is 15.2. The van der Waals surface area contributed by atoms with E-state index in [2.05, 4.69) is 10.6 Å². The van der Waals surface area contributed by atoms with Gasteiger partial charge in [-0.05, 0) is 30.5 Å². The standard InChI is InChI=1S/C15H21ClN2O3/c1-20-13-8-10(7-12(16)14(13)21-2)9-17-5-6-18-15(19)11-3-4-11/h7-8,11,17H,3-6,9H2,1-2H3,(H,18,19). The van der Waals surface area contributed by atoms with Crippen molar-refractivity contribution in [3.8, 4) is 11.5 Å². The molecular weight excluding hydrogens is 292 g/mol. The van der Waals surface area contributed by atoms with Crippen LogP contribution in [0.15, 0.2) is 12.1 Å². The highest BCUT2D eigenvalue weighted by molar-refractivity contribution is 6.32. The molecule has 0 radical (unpaired) electrons. The van der Waals surface area contributed by atoms with Crippen molar-refractivity contribution >= 4 is 17.5 Å². The molecule has 0 aliphatic heterocycles. The number of ether oxygens (including phenoxy) is 2. The lowest BCUT2D eigenvalue weighted by atomic mass is 10.2. The number of methoxy groups -OCH3 is 2. The third kappa shape index (κ3) is 4.51. The molecule has 5 nitrogen and oxygen atoms in total. The van der Waals surface area contributed by atoms with Crippen molar-refractivity contribution in [2.75, 3.05) is 27.3 Å². The summed E-state index contributed by atoms with van der Waals surface area (Å²) in [7, 11) is 3.14. The molecule has 0 unspecified atom stereocenters. The first-order valence-electron chi connectivity index (χ1n) is 7.04. The Morgan fingerprint density at radius 3 is 2.67 bits per heavy atom. The lowest BCUT2D eigenvalue weighted by molar-refractivity contribution is -0.122. The highest BCUT2D eigenvalue weighted by Crippen LogP contribution is 2.35. The molecule has 2 N–H and O–H groups in total. The number of halogens is 1. The van der Waals surface area contributed by atoms with Crippen molar-refractivity contribution in [1.82, 2.24) is 10.6 Å². The van der Waals surface area contributed by atoms with Gasteiger partial charge in [-0.2, -0.15) is 0 Å². The van der Waals surface area contributed by atoms with E-state index >= 15 is 0 Å². The number of benzene rings is 1. The molecule has 0 saturated heterocycles. The predicted molar refractivity (Wildman–Crippen MR) is 82.0 cm³/mol. The smallest absolute Gasteiger partial charge is 0.223 e. The van der Waals surface area contributed by atoms with E-state index in [0.717, 1.165) is 18.4 Å². The fourth-order valence-electron chi connectivity index (χ4n) is 2.07. The van der Waals surface area contributed by atoms with E-state index in [1.807, 2.05) is 12.1 Å². The lowest BCUT2D eigenvalue weighted by Crippen LogP contribution is -2.32. The van der Waals surface area contributed by atoms with Gasteiger partial charge in [-0.25, -0.2) is 0 Å². The average molecular weight is 313 g/mol. The number of rotatable bonds is 8. The van der Waals surface area contributed by atoms with Crippen molar-refractivity contribution in [3.63, 3.8) is 0 Å². The van der Waals surface area contributed by atoms with Crippen molar-refractivity contribution in [2.45, 2.75) is 19.4 Å². The molecule has 1 fully saturated rings. The van der Waals surface area contributed by atoms with Crippen molar-refractivity contribution in [2.24, 2.45) is 5.92 Å². The number of amides is 1. The second-order valence-corrected chi connectivity index (χ2v) is 5.46. The zero-order valence-corrected chi connectivity index (χ0v) is 13.1. The Kier molecular flexibility index (Phi) is 5.70. The fraction of sp³-hybridized carbons (Fsp3) is 0.533. The van der Waals surface area contributed by atoms with Gasteiger partial charge in [0.1, 0.15) is 0 Å². The Bertz CT molecular complexity index is 504. The Morgan fingerprint density at radius 2 is 2.05 bits per heavy atom. The minimum absolute atomic E-state index is 0.172. The first kappa shape index (κ1) is 15.9. The summed E-state index contributed by atoms with van der Waals surface area (Å²) in [6.45, 7) is 2.00. The van der Waals surface area contributed by atoms with Crippen LogP contribution in [0.4, 0.5) is 0 Å². The van der Waals surface area contributed by atoms with E-state index in [-0.39, 0.29) is 11.8 Å². The summed E-state index contributed by atoms with van der Waals surface area (Å²) in [5.41, 5.74) is 1.01. The predicted octanol–water partition coefficient (Wildman–Crippen LogP) is 1.97. The van der Waals surface area contributed by atoms with Gasteiger partial charge in [-0.1, -0.05) is 11.6 Å². The first-order valence-corrected chi connectivity index (χ1v) is 7.42. The van der Waals surface area contributed by atoms with Gasteiger partial charge in [0.15, 0.2) is 11.5 Å². The summed E-state index contributed by atoms with van der Waals surface area (Å²) in [5, 5.41) is 6.70. The van der Waals surface area contributed by atoms with Gasteiger partial charge >= 0.3 is 0 Å². The molecule has 1 aliphatic carbocycles. The van der Waals surface area contributed by atoms with E-state index in [1.165, 1.54) is 0 Å². The summed E-state index contributed by atoms with van der Waals surface area (Å²) >= 11 is 6.15. The summed E-state index contributed by atoms with van der Waals surface area (Å²) in [6.07, 6.45) is 2.06. The van der Waals surface area contributed by atoms with Crippen molar-refractivity contribution in [3.05, 3.63) is 22.7 Å². The van der Waals surface area contributed by atoms with Gasteiger partial charge in [-0.3, -0.25) is 4.79 Å². The highest BCUT2D eigenvalue weighted by Gasteiger charge is 2.28. The van der Waals surface area contributed by atoms with Crippen molar-refractivity contribution in [1.29, 1.82) is 0 Å². The van der Waals surface area contributed by atoms with Gasteiger partial charge in [0, 0.05) is 25.6 Å². The molecule has 0 bridgehead atoms. The molecule has 1 amide bonds. The SMILES string of the molecule is COc1cc(CNCCNC(=O)C2CC2)cc(Cl)c1OC. The van der Waals surface area contributed by atoms with Crippen LogP contribution in [0.1, 0.15) is 18.4 Å². The molecule has 0 spiro atoms. The van der Waals surface area contributed by atoms with Gasteiger partial charge in [0.05, 0.1) is 19.2 Å². The Balaban J connectivity index is 1.77. The number of hydrogen-bond donors (Lipinski definition) is 2. The van der Waals surface area contributed by atoms with Crippen LogP contribution in [0, 0.1) is 5.92 Å². The molecule has 1 saturated carbocycles. The van der Waals surface area contributed by atoms with Gasteiger partial charge in [0.25, 0.3) is 0 Å². The van der Waals surface area contributed by atoms with E-state index < -0.39 is 0 Å². The molecule has 2 rings (SSSR count). The number of carbonyl (C=O) groups is 1. The molecule has 1 aromatic rings. The zero-order valence-electron chi connectivity index (χ0n) is 12.4. The second-order valence-electron chi connectivity index (χ2n) is 5.06. The maximum atomic E-state index is 11.5. The summed E-state index contributed by atoms with van der Waals surface area (Å²) in [6, 6.07) is 3.74. The highest BCUT2D eigenvalue weighted by atomic mass is 35.5. The van der Waals surface area contributed by atoms with Gasteiger partial charge in [0.2, 0.25) is 5.91 Å². The third-order valence-electron chi connectivity index (χ3n) is 3.37. The Labute approximate surface area is 130 Å². The Hall–Kier alpha value is -1.46. The molecule has 116 valence electrons. The van der Waals surface area contributed by atoms with E-state index in [1.54, 1.807) is 14.2 Å². The average Bonchev–Trinajstić information content (AvgIpc) is 3.30. The molecule has 21 heavy (non-hydrogen) atoms. The largest absolute Gasteiger partial charge is 0.493 e. The number of nitrogens with one attached hydrogen (secondary N) is 2. The molecule has 0 atom stereocenters. The van der Waals surface area contributed by atoms with Gasteiger partial charge < -0.3 is 20.1 Å². The Morgan fingerprint density at radius 1 is 1.29 bits per heavy atom. The normalized spacial score (nSPS) is 13.9. The van der Waals surface area contributed by atoms with Crippen LogP contribution in [-0.2, 0) is 11.3 Å². The van der Waals surface area contributed by atoms with Crippen LogP contribution in [0.25, 0.3) is 0 Å². The molecule has 6 heteroatoms. The lowest BCUT2D eigenvalue weighted by Gasteiger charge is -2.12. The van der Waals surface area contributed by atoms with E-state index in [9.17, 15) is 4.79 Å². The van der Waals surface area contributed by atoms with Crippen LogP contribution in [0.2, 0.25) is 5.02 Å². The maximum Gasteiger partial charge on any atom is 0.223 e. The third-order valence-corrected chi connectivity index (χ3v) is 3.65. The molecule has 1 aromatic carbocycles. The van der Waals surface area contributed by atoms with Gasteiger partial charge in [-0.15, -0.1) is 0 Å². The van der Waals surface area contributed by atoms with Crippen LogP contribution in [0.3, 0.4) is 0 Å². The first-order chi connectivity index (χ1) is 10.2. The summed E-state index contributed by atoms with van der Waals surface area (Å²) < 4.78 is 10.5. The minimum Gasteiger partial charge on any atom is -0.493 e. The van der Waals surface area contributed by atoms with Crippen LogP contribution in [-0.4, -0.2) is 33.2 Å². The number of carbonyl (C=O) groups excluding carboxylic acids is 1. The second kappa shape index (κ2) is 7.52.